The Morgan fingerprint density at radius 2 is 1.87 bits per heavy atom. The number of ether oxygens (including phenoxy) is 1. The molecule has 3 N–H and O–H groups in total. The fourth-order valence-corrected chi connectivity index (χ4v) is 3.03. The number of hydrogen-bond donors (Lipinski definition) is 3. The van der Waals surface area contributed by atoms with Crippen molar-refractivity contribution in [3.05, 3.63) is 35.4 Å². The van der Waals surface area contributed by atoms with Crippen molar-refractivity contribution in [3.8, 4) is 0 Å². The maximum Gasteiger partial charge on any atom is 0.344 e. The third kappa shape index (κ3) is 4.32. The number of esters is 1. The molecular formula is C19H21N5O7. The number of hydrazine groups is 1. The molecule has 1 aromatic rings. The summed E-state index contributed by atoms with van der Waals surface area (Å²) >= 11 is 0. The zero-order valence-corrected chi connectivity index (χ0v) is 16.9. The van der Waals surface area contributed by atoms with Crippen molar-refractivity contribution < 1.29 is 33.5 Å². The van der Waals surface area contributed by atoms with Gasteiger partial charge in [0.05, 0.1) is 18.7 Å². The number of urea groups is 2. The van der Waals surface area contributed by atoms with Gasteiger partial charge in [-0.2, -0.15) is 5.01 Å². The molecular weight excluding hydrogens is 410 g/mol. The Bertz CT molecular complexity index is 962. The fourth-order valence-electron chi connectivity index (χ4n) is 3.03. The lowest BCUT2D eigenvalue weighted by Crippen LogP contribution is -2.49. The molecule has 2 aliphatic heterocycles. The van der Waals surface area contributed by atoms with Gasteiger partial charge >= 0.3 is 18.0 Å². The first kappa shape index (κ1) is 21.7. The lowest BCUT2D eigenvalue weighted by Gasteiger charge is -2.19. The molecule has 0 radical (unpaired) electrons. The Labute approximate surface area is 176 Å². The zero-order chi connectivity index (χ0) is 22.8. The van der Waals surface area contributed by atoms with Gasteiger partial charge in [0, 0.05) is 0 Å². The van der Waals surface area contributed by atoms with Crippen molar-refractivity contribution in [2.75, 3.05) is 13.2 Å². The van der Waals surface area contributed by atoms with Crippen LogP contribution in [0, 0.1) is 0 Å². The van der Waals surface area contributed by atoms with E-state index in [0.717, 1.165) is 4.90 Å². The van der Waals surface area contributed by atoms with Crippen LogP contribution in [0.15, 0.2) is 24.3 Å². The summed E-state index contributed by atoms with van der Waals surface area (Å²) in [6.07, 6.45) is 0.327. The highest BCUT2D eigenvalue weighted by atomic mass is 16.5. The standard InChI is InChI=1S/C19H21N5O7/c1-3-19(2)16(28)24(18(30)21-19)22-13(25)10-31-15(27)12-7-5-4-6-11(12)9-23-14(26)8-20-17(23)29/h4-7H,3,8-10H2,1-2H3,(H,20,29)(H,21,30)(H,22,25). The predicted molar refractivity (Wildman–Crippen MR) is 103 cm³/mol. The van der Waals surface area contributed by atoms with E-state index in [0.29, 0.717) is 17.0 Å². The molecule has 0 saturated carbocycles. The first-order valence-electron chi connectivity index (χ1n) is 9.45. The molecule has 2 aliphatic rings. The first-order valence-corrected chi connectivity index (χ1v) is 9.45. The fraction of sp³-hybridized carbons (Fsp3) is 0.368. The molecule has 0 spiro atoms. The minimum absolute atomic E-state index is 0.0661. The lowest BCUT2D eigenvalue weighted by atomic mass is 10.00. The Morgan fingerprint density at radius 1 is 1.16 bits per heavy atom. The summed E-state index contributed by atoms with van der Waals surface area (Å²) in [6.45, 7) is 2.23. The Morgan fingerprint density at radius 3 is 2.48 bits per heavy atom. The quantitative estimate of drug-likeness (QED) is 0.394. The smallest absolute Gasteiger partial charge is 0.344 e. The van der Waals surface area contributed by atoms with E-state index >= 15 is 0 Å². The summed E-state index contributed by atoms with van der Waals surface area (Å²) in [5.74, 6) is -2.81. The van der Waals surface area contributed by atoms with Crippen LogP contribution in [0.4, 0.5) is 9.59 Å². The minimum atomic E-state index is -1.13. The molecule has 0 aromatic heterocycles. The van der Waals surface area contributed by atoms with Gasteiger partial charge in [0.15, 0.2) is 6.61 Å². The van der Waals surface area contributed by atoms with Gasteiger partial charge in [0.1, 0.15) is 5.54 Å². The van der Waals surface area contributed by atoms with Crippen molar-refractivity contribution in [2.45, 2.75) is 32.4 Å². The molecule has 7 amide bonds. The van der Waals surface area contributed by atoms with E-state index in [1.165, 1.54) is 13.0 Å². The number of hydrogen-bond acceptors (Lipinski definition) is 7. The van der Waals surface area contributed by atoms with E-state index in [4.69, 9.17) is 4.74 Å². The normalized spacial score (nSPS) is 20.6. The second-order valence-electron chi connectivity index (χ2n) is 7.16. The van der Waals surface area contributed by atoms with E-state index in [9.17, 15) is 28.8 Å². The van der Waals surface area contributed by atoms with Crippen LogP contribution >= 0.6 is 0 Å². The summed E-state index contributed by atoms with van der Waals surface area (Å²) in [5, 5.41) is 5.41. The Kier molecular flexibility index (Phi) is 5.90. The van der Waals surface area contributed by atoms with Gasteiger partial charge in [0.2, 0.25) is 5.91 Å². The van der Waals surface area contributed by atoms with E-state index in [2.05, 4.69) is 16.1 Å². The summed E-state index contributed by atoms with van der Waals surface area (Å²) in [5.41, 5.74) is 1.40. The monoisotopic (exact) mass is 431 g/mol. The number of benzene rings is 1. The molecule has 2 heterocycles. The maximum atomic E-state index is 12.5. The van der Waals surface area contributed by atoms with Crippen LogP contribution in [0.2, 0.25) is 0 Å². The van der Waals surface area contributed by atoms with Crippen molar-refractivity contribution in [2.24, 2.45) is 0 Å². The number of carbonyl (C=O) groups excluding carboxylic acids is 6. The topological polar surface area (TPSA) is 154 Å². The molecule has 2 fully saturated rings. The number of amides is 7. The third-order valence-corrected chi connectivity index (χ3v) is 5.04. The van der Waals surface area contributed by atoms with Crippen molar-refractivity contribution in [3.63, 3.8) is 0 Å². The van der Waals surface area contributed by atoms with E-state index in [1.54, 1.807) is 25.1 Å². The average Bonchev–Trinajstić information content (AvgIpc) is 3.17. The van der Waals surface area contributed by atoms with Crippen LogP contribution in [0.5, 0.6) is 0 Å². The molecule has 12 heteroatoms. The lowest BCUT2D eigenvalue weighted by molar-refractivity contribution is -0.139. The molecule has 1 atom stereocenters. The van der Waals surface area contributed by atoms with Crippen LogP contribution in [0.1, 0.15) is 36.2 Å². The highest BCUT2D eigenvalue weighted by Gasteiger charge is 2.47. The predicted octanol–water partition coefficient (Wildman–Crippen LogP) is -0.353. The second-order valence-corrected chi connectivity index (χ2v) is 7.16. The van der Waals surface area contributed by atoms with Crippen LogP contribution in [-0.2, 0) is 25.7 Å². The molecule has 12 nitrogen and oxygen atoms in total. The first-order chi connectivity index (χ1) is 14.7. The molecule has 0 bridgehead atoms. The molecule has 2 saturated heterocycles. The largest absolute Gasteiger partial charge is 0.452 e. The highest BCUT2D eigenvalue weighted by molar-refractivity contribution is 6.07. The second kappa shape index (κ2) is 8.42. The zero-order valence-electron chi connectivity index (χ0n) is 16.9. The number of nitrogens with one attached hydrogen (secondary N) is 3. The van der Waals surface area contributed by atoms with Crippen LogP contribution in [0.25, 0.3) is 0 Å². The van der Waals surface area contributed by atoms with Gasteiger partial charge < -0.3 is 15.4 Å². The number of nitrogens with zero attached hydrogens (tertiary/aromatic N) is 2. The summed E-state index contributed by atoms with van der Waals surface area (Å²) in [7, 11) is 0. The SMILES string of the molecule is CCC1(C)NC(=O)N(NC(=O)COC(=O)c2ccccc2CN2C(=O)CNC2=O)C1=O. The number of rotatable bonds is 7. The van der Waals surface area contributed by atoms with Gasteiger partial charge in [-0.15, -0.1) is 0 Å². The van der Waals surface area contributed by atoms with E-state index < -0.39 is 47.9 Å². The van der Waals surface area contributed by atoms with E-state index in [-0.39, 0.29) is 18.7 Å². The molecule has 0 aliphatic carbocycles. The van der Waals surface area contributed by atoms with Crippen LogP contribution in [-0.4, -0.2) is 64.4 Å². The summed E-state index contributed by atoms with van der Waals surface area (Å²) < 4.78 is 4.98. The van der Waals surface area contributed by atoms with E-state index in [1.807, 2.05) is 0 Å². The van der Waals surface area contributed by atoms with Crippen LogP contribution in [0.3, 0.4) is 0 Å². The highest BCUT2D eigenvalue weighted by Crippen LogP contribution is 2.19. The van der Waals surface area contributed by atoms with Gasteiger partial charge in [-0.3, -0.25) is 24.7 Å². The minimum Gasteiger partial charge on any atom is -0.452 e. The van der Waals surface area contributed by atoms with Gasteiger partial charge in [0.25, 0.3) is 11.8 Å². The number of carbonyl (C=O) groups is 6. The summed E-state index contributed by atoms with van der Waals surface area (Å²) in [4.78, 5) is 73.2. The molecule has 164 valence electrons. The average molecular weight is 431 g/mol. The van der Waals surface area contributed by atoms with Gasteiger partial charge in [-0.05, 0) is 25.0 Å². The molecule has 31 heavy (non-hydrogen) atoms. The molecule has 1 unspecified atom stereocenters. The van der Waals surface area contributed by atoms with Crippen LogP contribution < -0.4 is 16.1 Å². The van der Waals surface area contributed by atoms with Gasteiger partial charge in [-0.1, -0.05) is 25.1 Å². The van der Waals surface area contributed by atoms with Gasteiger partial charge in [-0.25, -0.2) is 14.4 Å². The third-order valence-electron chi connectivity index (χ3n) is 5.04. The summed E-state index contributed by atoms with van der Waals surface area (Å²) in [6, 6.07) is 4.81. The Balaban J connectivity index is 1.61. The molecule has 3 rings (SSSR count). The number of imide groups is 2. The Hall–Kier alpha value is -3.96. The maximum absolute atomic E-state index is 12.5. The van der Waals surface area contributed by atoms with Crippen molar-refractivity contribution in [1.29, 1.82) is 0 Å². The van der Waals surface area contributed by atoms with Crippen molar-refractivity contribution in [1.82, 2.24) is 26.0 Å². The molecule has 1 aromatic carbocycles. The van der Waals surface area contributed by atoms with Crippen molar-refractivity contribution >= 4 is 35.8 Å².